The molecule has 0 aromatic carbocycles. The van der Waals surface area contributed by atoms with Crippen LogP contribution in [0.2, 0.25) is 0 Å². The summed E-state index contributed by atoms with van der Waals surface area (Å²) in [7, 11) is 2.06. The van der Waals surface area contributed by atoms with Crippen LogP contribution in [0.3, 0.4) is 0 Å². The Morgan fingerprint density at radius 3 is 2.94 bits per heavy atom. The Balaban J connectivity index is 1.76. The van der Waals surface area contributed by atoms with Crippen molar-refractivity contribution in [2.45, 2.75) is 45.6 Å². The minimum absolute atomic E-state index is 0.707. The Morgan fingerprint density at radius 2 is 2.24 bits per heavy atom. The first-order valence-corrected chi connectivity index (χ1v) is 6.88. The largest absolute Gasteiger partial charge is 0.338 e. The third kappa shape index (κ3) is 3.09. The molecule has 1 aromatic heterocycles. The molecular weight excluding hydrogens is 210 g/mol. The van der Waals surface area contributed by atoms with E-state index in [-0.39, 0.29) is 0 Å². The van der Waals surface area contributed by atoms with Crippen molar-refractivity contribution in [2.24, 2.45) is 18.9 Å². The van der Waals surface area contributed by atoms with Crippen LogP contribution in [0, 0.1) is 11.8 Å². The summed E-state index contributed by atoms with van der Waals surface area (Å²) in [6, 6.07) is 0.707. The molecule has 1 fully saturated rings. The van der Waals surface area contributed by atoms with Gasteiger partial charge in [-0.1, -0.05) is 26.7 Å². The van der Waals surface area contributed by atoms with Crippen molar-refractivity contribution >= 4 is 0 Å². The lowest BCUT2D eigenvalue weighted by Crippen LogP contribution is -2.41. The number of rotatable bonds is 4. The van der Waals surface area contributed by atoms with E-state index < -0.39 is 0 Å². The summed E-state index contributed by atoms with van der Waals surface area (Å²) < 4.78 is 2.11. The Bertz CT molecular complexity index is 345. The zero-order chi connectivity index (χ0) is 12.3. The van der Waals surface area contributed by atoms with Crippen molar-refractivity contribution in [1.82, 2.24) is 14.9 Å². The van der Waals surface area contributed by atoms with Gasteiger partial charge in [-0.05, 0) is 18.3 Å². The molecule has 1 N–H and O–H groups in total. The molecular formula is C14H25N3. The molecule has 0 radical (unpaired) electrons. The van der Waals surface area contributed by atoms with Crippen LogP contribution in [0.1, 0.15) is 38.9 Å². The molecule has 0 aliphatic heterocycles. The van der Waals surface area contributed by atoms with Crippen molar-refractivity contribution in [3.05, 3.63) is 18.2 Å². The standard InChI is InChI=1S/C14H25N3/c1-11-5-4-6-13(12(11)2)15-8-7-14-16-9-10-17(14)3/h9-13,15H,4-8H2,1-3H3. The van der Waals surface area contributed by atoms with Crippen LogP contribution in [-0.2, 0) is 13.5 Å². The first kappa shape index (κ1) is 12.6. The summed E-state index contributed by atoms with van der Waals surface area (Å²) in [4.78, 5) is 4.36. The summed E-state index contributed by atoms with van der Waals surface area (Å²) in [6.07, 6.45) is 9.04. The molecule has 3 unspecified atom stereocenters. The highest BCUT2D eigenvalue weighted by Crippen LogP contribution is 2.29. The molecule has 17 heavy (non-hydrogen) atoms. The minimum Gasteiger partial charge on any atom is -0.338 e. The van der Waals surface area contributed by atoms with Gasteiger partial charge in [0.05, 0.1) is 0 Å². The highest BCUT2D eigenvalue weighted by Gasteiger charge is 2.26. The van der Waals surface area contributed by atoms with Gasteiger partial charge in [0.2, 0.25) is 0 Å². The summed E-state index contributed by atoms with van der Waals surface area (Å²) in [5, 5.41) is 3.71. The van der Waals surface area contributed by atoms with Gasteiger partial charge in [0.15, 0.2) is 0 Å². The Morgan fingerprint density at radius 1 is 1.41 bits per heavy atom. The predicted octanol–water partition coefficient (Wildman–Crippen LogP) is 2.38. The zero-order valence-electron chi connectivity index (χ0n) is 11.3. The van der Waals surface area contributed by atoms with Gasteiger partial charge in [-0.3, -0.25) is 0 Å². The summed E-state index contributed by atoms with van der Waals surface area (Å²) in [6.45, 7) is 5.83. The molecule has 96 valence electrons. The smallest absolute Gasteiger partial charge is 0.109 e. The van der Waals surface area contributed by atoms with Crippen molar-refractivity contribution < 1.29 is 0 Å². The lowest BCUT2D eigenvalue weighted by molar-refractivity contribution is 0.207. The normalized spacial score (nSPS) is 29.5. The molecule has 1 aliphatic carbocycles. The number of nitrogens with one attached hydrogen (secondary N) is 1. The third-order valence-electron chi connectivity index (χ3n) is 4.38. The molecule has 3 heteroatoms. The predicted molar refractivity (Wildman–Crippen MR) is 70.9 cm³/mol. The fourth-order valence-electron chi connectivity index (χ4n) is 2.88. The van der Waals surface area contributed by atoms with Crippen molar-refractivity contribution in [3.8, 4) is 0 Å². The van der Waals surface area contributed by atoms with E-state index in [0.717, 1.165) is 24.8 Å². The third-order valence-corrected chi connectivity index (χ3v) is 4.38. The van der Waals surface area contributed by atoms with Crippen LogP contribution in [0.4, 0.5) is 0 Å². The maximum absolute atomic E-state index is 4.36. The lowest BCUT2D eigenvalue weighted by atomic mass is 9.78. The van der Waals surface area contributed by atoms with E-state index in [4.69, 9.17) is 0 Å². The van der Waals surface area contributed by atoms with Gasteiger partial charge in [-0.15, -0.1) is 0 Å². The second-order valence-electron chi connectivity index (χ2n) is 5.53. The van der Waals surface area contributed by atoms with E-state index in [1.807, 2.05) is 12.4 Å². The first-order chi connectivity index (χ1) is 8.18. The second kappa shape index (κ2) is 5.67. The summed E-state index contributed by atoms with van der Waals surface area (Å²) >= 11 is 0. The van der Waals surface area contributed by atoms with E-state index in [1.165, 1.54) is 25.1 Å². The Kier molecular flexibility index (Phi) is 4.21. The second-order valence-corrected chi connectivity index (χ2v) is 5.53. The highest BCUT2D eigenvalue weighted by atomic mass is 15.0. The van der Waals surface area contributed by atoms with Gasteiger partial charge < -0.3 is 9.88 Å². The summed E-state index contributed by atoms with van der Waals surface area (Å²) in [5.41, 5.74) is 0. The first-order valence-electron chi connectivity index (χ1n) is 6.88. The molecule has 0 saturated heterocycles. The van der Waals surface area contributed by atoms with E-state index in [0.29, 0.717) is 6.04 Å². The maximum Gasteiger partial charge on any atom is 0.109 e. The van der Waals surface area contributed by atoms with E-state index in [2.05, 4.69) is 35.8 Å². The van der Waals surface area contributed by atoms with Gasteiger partial charge in [-0.2, -0.15) is 0 Å². The lowest BCUT2D eigenvalue weighted by Gasteiger charge is -2.34. The molecule has 0 amide bonds. The fraction of sp³-hybridized carbons (Fsp3) is 0.786. The van der Waals surface area contributed by atoms with Gasteiger partial charge in [0.1, 0.15) is 5.82 Å². The minimum atomic E-state index is 0.707. The SMILES string of the molecule is CC1CCCC(NCCc2nccn2C)C1C. The molecule has 1 aliphatic rings. The monoisotopic (exact) mass is 235 g/mol. The molecule has 1 aromatic rings. The van der Waals surface area contributed by atoms with Crippen LogP contribution in [0.5, 0.6) is 0 Å². The number of hydrogen-bond acceptors (Lipinski definition) is 2. The Labute approximate surface area is 105 Å². The van der Waals surface area contributed by atoms with Crippen LogP contribution in [0.25, 0.3) is 0 Å². The number of aromatic nitrogens is 2. The number of aryl methyl sites for hydroxylation is 1. The Hall–Kier alpha value is -0.830. The average molecular weight is 235 g/mol. The van der Waals surface area contributed by atoms with Gasteiger partial charge in [-0.25, -0.2) is 4.98 Å². The van der Waals surface area contributed by atoms with Crippen molar-refractivity contribution in [3.63, 3.8) is 0 Å². The van der Waals surface area contributed by atoms with Crippen LogP contribution in [0.15, 0.2) is 12.4 Å². The number of imidazole rings is 1. The number of nitrogens with zero attached hydrogens (tertiary/aromatic N) is 2. The van der Waals surface area contributed by atoms with E-state index >= 15 is 0 Å². The molecule has 0 bridgehead atoms. The van der Waals surface area contributed by atoms with Crippen molar-refractivity contribution in [1.29, 1.82) is 0 Å². The van der Waals surface area contributed by atoms with Crippen LogP contribution in [-0.4, -0.2) is 22.1 Å². The van der Waals surface area contributed by atoms with E-state index in [1.54, 1.807) is 0 Å². The molecule has 1 saturated carbocycles. The van der Waals surface area contributed by atoms with E-state index in [9.17, 15) is 0 Å². The highest BCUT2D eigenvalue weighted by molar-refractivity contribution is 4.92. The topological polar surface area (TPSA) is 29.9 Å². The number of hydrogen-bond donors (Lipinski definition) is 1. The van der Waals surface area contributed by atoms with Crippen LogP contribution >= 0.6 is 0 Å². The molecule has 1 heterocycles. The molecule has 2 rings (SSSR count). The van der Waals surface area contributed by atoms with Crippen LogP contribution < -0.4 is 5.32 Å². The van der Waals surface area contributed by atoms with Gasteiger partial charge in [0, 0.05) is 38.4 Å². The molecule has 3 nitrogen and oxygen atoms in total. The summed E-state index contributed by atoms with van der Waals surface area (Å²) in [5.74, 6) is 2.86. The maximum atomic E-state index is 4.36. The molecule has 3 atom stereocenters. The molecule has 0 spiro atoms. The quantitative estimate of drug-likeness (QED) is 0.868. The average Bonchev–Trinajstić information content (AvgIpc) is 2.71. The van der Waals surface area contributed by atoms with Gasteiger partial charge >= 0.3 is 0 Å². The fourth-order valence-corrected chi connectivity index (χ4v) is 2.88. The zero-order valence-corrected chi connectivity index (χ0v) is 11.3. The van der Waals surface area contributed by atoms with Gasteiger partial charge in [0.25, 0.3) is 0 Å². The van der Waals surface area contributed by atoms with Crippen molar-refractivity contribution in [2.75, 3.05) is 6.54 Å².